The molecule has 90 valence electrons. The topological polar surface area (TPSA) is 29.5 Å². The molecule has 17 heavy (non-hydrogen) atoms. The fourth-order valence-electron chi connectivity index (χ4n) is 2.31. The zero-order valence-corrected chi connectivity index (χ0v) is 10.5. The minimum Gasteiger partial charge on any atom is -0.507 e. The van der Waals surface area contributed by atoms with E-state index in [-0.39, 0.29) is 6.10 Å². The Morgan fingerprint density at radius 3 is 2.24 bits per heavy atom. The minimum atomic E-state index is 0.0560. The Hall–Kier alpha value is -1.54. The van der Waals surface area contributed by atoms with E-state index in [0.29, 0.717) is 11.7 Å². The number of hydrogen-bond donors (Lipinski definition) is 1. The van der Waals surface area contributed by atoms with Crippen LogP contribution in [0.15, 0.2) is 36.4 Å². The zero-order chi connectivity index (χ0) is 12.4. The molecule has 2 nitrogen and oxygen atoms in total. The van der Waals surface area contributed by atoms with E-state index in [1.807, 2.05) is 30.3 Å². The molecule has 2 rings (SSSR count). The minimum absolute atomic E-state index is 0.0560. The Bertz CT molecular complexity index is 517. The molecule has 0 aliphatic carbocycles. The van der Waals surface area contributed by atoms with Gasteiger partial charge >= 0.3 is 0 Å². The number of benzene rings is 2. The van der Waals surface area contributed by atoms with E-state index in [2.05, 4.69) is 13.8 Å². The van der Waals surface area contributed by atoms with Gasteiger partial charge in [0, 0.05) is 12.5 Å². The van der Waals surface area contributed by atoms with Crippen molar-refractivity contribution in [3.8, 4) is 5.75 Å². The first-order chi connectivity index (χ1) is 8.15. The van der Waals surface area contributed by atoms with Gasteiger partial charge in [0.05, 0.1) is 6.10 Å². The Morgan fingerprint density at radius 1 is 1.00 bits per heavy atom. The fourth-order valence-corrected chi connectivity index (χ4v) is 2.31. The standard InChI is InChI=1S/C15H18O2/c1-10(2)15(17-3)13-8-9-14(16)12-7-5-4-6-11(12)13/h4-10,15-16H,1-3H3. The molecule has 0 bridgehead atoms. The lowest BCUT2D eigenvalue weighted by molar-refractivity contribution is 0.0658. The van der Waals surface area contributed by atoms with Gasteiger partial charge in [-0.3, -0.25) is 0 Å². The second kappa shape index (κ2) is 4.76. The van der Waals surface area contributed by atoms with E-state index in [1.54, 1.807) is 13.2 Å². The third kappa shape index (κ3) is 2.13. The van der Waals surface area contributed by atoms with Crippen molar-refractivity contribution in [3.05, 3.63) is 42.0 Å². The summed E-state index contributed by atoms with van der Waals surface area (Å²) in [5, 5.41) is 11.8. The number of phenolic OH excluding ortho intramolecular Hbond substituents is 1. The van der Waals surface area contributed by atoms with Crippen molar-refractivity contribution < 1.29 is 9.84 Å². The first kappa shape index (κ1) is 11.9. The Morgan fingerprint density at radius 2 is 1.65 bits per heavy atom. The van der Waals surface area contributed by atoms with Gasteiger partial charge in [-0.25, -0.2) is 0 Å². The maximum absolute atomic E-state index is 9.85. The molecule has 0 saturated heterocycles. The lowest BCUT2D eigenvalue weighted by atomic mass is 9.93. The summed E-state index contributed by atoms with van der Waals surface area (Å²) in [5.41, 5.74) is 1.14. The molecule has 2 aromatic rings. The first-order valence-corrected chi connectivity index (χ1v) is 5.88. The van der Waals surface area contributed by atoms with Gasteiger partial charge in [0.25, 0.3) is 0 Å². The van der Waals surface area contributed by atoms with Gasteiger partial charge in [0.15, 0.2) is 0 Å². The lowest BCUT2D eigenvalue weighted by Crippen LogP contribution is -2.09. The average Bonchev–Trinajstić information content (AvgIpc) is 2.33. The third-order valence-corrected chi connectivity index (χ3v) is 3.10. The van der Waals surface area contributed by atoms with Gasteiger partial charge in [-0.2, -0.15) is 0 Å². The van der Waals surface area contributed by atoms with Gasteiger partial charge < -0.3 is 9.84 Å². The van der Waals surface area contributed by atoms with E-state index >= 15 is 0 Å². The number of phenols is 1. The predicted molar refractivity (Wildman–Crippen MR) is 70.2 cm³/mol. The van der Waals surface area contributed by atoms with Gasteiger partial charge in [-0.15, -0.1) is 0 Å². The van der Waals surface area contributed by atoms with Gasteiger partial charge in [0.1, 0.15) is 5.75 Å². The van der Waals surface area contributed by atoms with Crippen molar-refractivity contribution in [3.63, 3.8) is 0 Å². The number of rotatable bonds is 3. The largest absolute Gasteiger partial charge is 0.507 e. The molecule has 0 amide bonds. The summed E-state index contributed by atoms with van der Waals surface area (Å²) < 4.78 is 5.56. The molecule has 2 aromatic carbocycles. The number of ether oxygens (including phenoxy) is 1. The zero-order valence-electron chi connectivity index (χ0n) is 10.5. The fraction of sp³-hybridized carbons (Fsp3) is 0.333. The molecule has 0 aromatic heterocycles. The highest BCUT2D eigenvalue weighted by atomic mass is 16.5. The van der Waals surface area contributed by atoms with Crippen molar-refractivity contribution in [1.29, 1.82) is 0 Å². The molecule has 0 radical (unpaired) electrons. The second-order valence-corrected chi connectivity index (χ2v) is 4.62. The van der Waals surface area contributed by atoms with Crippen molar-refractivity contribution >= 4 is 10.8 Å². The maximum Gasteiger partial charge on any atom is 0.123 e. The molecule has 0 fully saturated rings. The van der Waals surface area contributed by atoms with Crippen LogP contribution in [0.2, 0.25) is 0 Å². The molecule has 0 heterocycles. The number of hydrogen-bond acceptors (Lipinski definition) is 2. The van der Waals surface area contributed by atoms with Crippen LogP contribution in [0.5, 0.6) is 5.75 Å². The van der Waals surface area contributed by atoms with Crippen molar-refractivity contribution in [2.75, 3.05) is 7.11 Å². The van der Waals surface area contributed by atoms with Crippen molar-refractivity contribution in [2.24, 2.45) is 5.92 Å². The molecule has 0 aliphatic heterocycles. The molecule has 1 atom stereocenters. The molecular weight excluding hydrogens is 212 g/mol. The Kier molecular flexibility index (Phi) is 3.34. The predicted octanol–water partition coefficient (Wildman–Crippen LogP) is 3.89. The normalized spacial score (nSPS) is 13.2. The van der Waals surface area contributed by atoms with E-state index in [4.69, 9.17) is 4.74 Å². The van der Waals surface area contributed by atoms with Gasteiger partial charge in [0.2, 0.25) is 0 Å². The molecular formula is C15H18O2. The van der Waals surface area contributed by atoms with E-state index in [9.17, 15) is 5.11 Å². The number of methoxy groups -OCH3 is 1. The summed E-state index contributed by atoms with van der Waals surface area (Å²) in [7, 11) is 1.73. The molecule has 1 unspecified atom stereocenters. The first-order valence-electron chi connectivity index (χ1n) is 5.88. The van der Waals surface area contributed by atoms with Crippen LogP contribution in [0.1, 0.15) is 25.5 Å². The van der Waals surface area contributed by atoms with Crippen LogP contribution in [0, 0.1) is 5.92 Å². The lowest BCUT2D eigenvalue weighted by Gasteiger charge is -2.21. The highest BCUT2D eigenvalue weighted by molar-refractivity contribution is 5.91. The summed E-state index contributed by atoms with van der Waals surface area (Å²) in [5.74, 6) is 0.718. The summed E-state index contributed by atoms with van der Waals surface area (Å²) in [6, 6.07) is 11.6. The molecule has 1 N–H and O–H groups in total. The number of fused-ring (bicyclic) bond motifs is 1. The van der Waals surface area contributed by atoms with Crippen molar-refractivity contribution in [1.82, 2.24) is 0 Å². The molecule has 0 saturated carbocycles. The van der Waals surface area contributed by atoms with E-state index in [1.165, 1.54) is 0 Å². The van der Waals surface area contributed by atoms with Crippen LogP contribution in [-0.4, -0.2) is 12.2 Å². The summed E-state index contributed by atoms with van der Waals surface area (Å²) in [6.07, 6.45) is 0.0560. The van der Waals surface area contributed by atoms with Crippen LogP contribution in [0.3, 0.4) is 0 Å². The third-order valence-electron chi connectivity index (χ3n) is 3.10. The quantitative estimate of drug-likeness (QED) is 0.866. The van der Waals surface area contributed by atoms with Crippen LogP contribution in [0.25, 0.3) is 10.8 Å². The van der Waals surface area contributed by atoms with E-state index < -0.39 is 0 Å². The van der Waals surface area contributed by atoms with Crippen LogP contribution >= 0.6 is 0 Å². The molecule has 0 aliphatic rings. The molecule has 2 heteroatoms. The second-order valence-electron chi connectivity index (χ2n) is 4.62. The maximum atomic E-state index is 9.85. The van der Waals surface area contributed by atoms with E-state index in [0.717, 1.165) is 16.3 Å². The Balaban J connectivity index is 2.66. The SMILES string of the molecule is COC(c1ccc(O)c2ccccc12)C(C)C. The van der Waals surface area contributed by atoms with Crippen molar-refractivity contribution in [2.45, 2.75) is 20.0 Å². The molecule has 0 spiro atoms. The van der Waals surface area contributed by atoms with Gasteiger partial charge in [-0.05, 0) is 22.9 Å². The monoisotopic (exact) mass is 230 g/mol. The van der Waals surface area contributed by atoms with Gasteiger partial charge in [-0.1, -0.05) is 44.2 Å². The van der Waals surface area contributed by atoms with Crippen LogP contribution < -0.4 is 0 Å². The highest BCUT2D eigenvalue weighted by Crippen LogP contribution is 2.34. The Labute approximate surface area is 102 Å². The average molecular weight is 230 g/mol. The van der Waals surface area contributed by atoms with Crippen LogP contribution in [0.4, 0.5) is 0 Å². The smallest absolute Gasteiger partial charge is 0.123 e. The number of aromatic hydroxyl groups is 1. The summed E-state index contributed by atoms with van der Waals surface area (Å²) >= 11 is 0. The summed E-state index contributed by atoms with van der Waals surface area (Å²) in [4.78, 5) is 0. The highest BCUT2D eigenvalue weighted by Gasteiger charge is 2.18. The van der Waals surface area contributed by atoms with Crippen LogP contribution in [-0.2, 0) is 4.74 Å². The summed E-state index contributed by atoms with van der Waals surface area (Å²) in [6.45, 7) is 4.27.